The van der Waals surface area contributed by atoms with Gasteiger partial charge in [-0.1, -0.05) is 29.8 Å². The zero-order valence-corrected chi connectivity index (χ0v) is 22.5. The number of hydrogen-bond acceptors (Lipinski definition) is 7. The first-order chi connectivity index (χ1) is 16.8. The first-order valence-corrected chi connectivity index (χ1v) is 15.4. The van der Waals surface area contributed by atoms with Crippen molar-refractivity contribution in [2.45, 2.75) is 32.5 Å². The summed E-state index contributed by atoms with van der Waals surface area (Å²) in [5.74, 6) is -0.0750. The van der Waals surface area contributed by atoms with Crippen LogP contribution >= 0.6 is 0 Å². The molecular formula is C25H30N2O7S2. The summed E-state index contributed by atoms with van der Waals surface area (Å²) >= 11 is 0. The van der Waals surface area contributed by atoms with E-state index in [0.717, 1.165) is 23.6 Å². The van der Waals surface area contributed by atoms with Gasteiger partial charge in [0.2, 0.25) is 10.0 Å². The van der Waals surface area contributed by atoms with Crippen molar-refractivity contribution in [1.82, 2.24) is 5.32 Å². The van der Waals surface area contributed by atoms with Crippen LogP contribution in [0.1, 0.15) is 40.9 Å². The molecule has 194 valence electrons. The largest absolute Gasteiger partial charge is 0.455 e. The number of aryl methyl sites for hydroxylation is 1. The molecule has 0 bridgehead atoms. The van der Waals surface area contributed by atoms with E-state index in [2.05, 4.69) is 5.32 Å². The number of rotatable bonds is 6. The Morgan fingerprint density at radius 1 is 1.11 bits per heavy atom. The lowest BCUT2D eigenvalue weighted by molar-refractivity contribution is 0.00536. The first-order valence-electron chi connectivity index (χ1n) is 11.5. The van der Waals surface area contributed by atoms with E-state index in [0.29, 0.717) is 33.5 Å². The van der Waals surface area contributed by atoms with Gasteiger partial charge in [0.15, 0.2) is 0 Å². The van der Waals surface area contributed by atoms with Gasteiger partial charge in [-0.25, -0.2) is 16.8 Å². The third kappa shape index (κ3) is 5.28. The zero-order chi connectivity index (χ0) is 26.4. The molecule has 1 amide bonds. The van der Waals surface area contributed by atoms with Crippen LogP contribution in [-0.4, -0.2) is 60.7 Å². The molecule has 0 saturated carbocycles. The number of nitrogens with zero attached hydrogens (tertiary/aromatic N) is 1. The van der Waals surface area contributed by atoms with E-state index < -0.39 is 32.1 Å². The van der Waals surface area contributed by atoms with Crippen LogP contribution in [-0.2, 0) is 24.6 Å². The molecule has 3 aromatic rings. The van der Waals surface area contributed by atoms with Gasteiger partial charge in [-0.15, -0.1) is 0 Å². The van der Waals surface area contributed by atoms with Crippen molar-refractivity contribution in [3.05, 3.63) is 53.1 Å². The Morgan fingerprint density at radius 2 is 1.78 bits per heavy atom. The van der Waals surface area contributed by atoms with Gasteiger partial charge in [-0.3, -0.25) is 9.10 Å². The second kappa shape index (κ2) is 9.53. The van der Waals surface area contributed by atoms with E-state index in [9.17, 15) is 21.6 Å². The third-order valence-electron chi connectivity index (χ3n) is 6.29. The number of sulfonamides is 1. The van der Waals surface area contributed by atoms with Crippen molar-refractivity contribution < 1.29 is 30.8 Å². The Bertz CT molecular complexity index is 1520. The van der Waals surface area contributed by atoms with Crippen LogP contribution < -0.4 is 9.62 Å². The van der Waals surface area contributed by atoms with Gasteiger partial charge in [-0.2, -0.15) is 0 Å². The summed E-state index contributed by atoms with van der Waals surface area (Å²) in [6.07, 6.45) is 1.19. The van der Waals surface area contributed by atoms with Gasteiger partial charge in [-0.05, 0) is 26.3 Å². The molecule has 9 nitrogen and oxygen atoms in total. The fourth-order valence-corrected chi connectivity index (χ4v) is 6.10. The number of ether oxygens (including phenoxy) is 1. The van der Waals surface area contributed by atoms with E-state index in [-0.39, 0.29) is 24.6 Å². The van der Waals surface area contributed by atoms with E-state index in [1.807, 2.05) is 31.2 Å². The number of nitrogens with one attached hydrogen (secondary N) is 1. The minimum Gasteiger partial charge on any atom is -0.455 e. The third-order valence-corrected chi connectivity index (χ3v) is 8.41. The molecule has 1 aliphatic rings. The molecule has 0 saturated heterocycles. The molecule has 1 aromatic heterocycles. The fourth-order valence-electron chi connectivity index (χ4n) is 4.46. The molecule has 36 heavy (non-hydrogen) atoms. The van der Waals surface area contributed by atoms with Crippen LogP contribution in [0.4, 0.5) is 5.69 Å². The average molecular weight is 535 g/mol. The Morgan fingerprint density at radius 3 is 2.36 bits per heavy atom. The quantitative estimate of drug-likeness (QED) is 0.514. The van der Waals surface area contributed by atoms with Gasteiger partial charge in [0.05, 0.1) is 42.0 Å². The topological polar surface area (TPSA) is 123 Å². The predicted octanol–water partition coefficient (Wildman–Crippen LogP) is 3.43. The Kier molecular flexibility index (Phi) is 6.93. The number of carbonyl (C=O) groups is 1. The van der Waals surface area contributed by atoms with Crippen molar-refractivity contribution in [2.75, 3.05) is 36.2 Å². The smallest absolute Gasteiger partial charge is 0.255 e. The molecular weight excluding hydrogens is 504 g/mol. The molecule has 1 aliphatic heterocycles. The lowest BCUT2D eigenvalue weighted by Gasteiger charge is -2.24. The first kappa shape index (κ1) is 26.2. The van der Waals surface area contributed by atoms with Crippen molar-refractivity contribution in [1.29, 1.82) is 0 Å². The zero-order valence-electron chi connectivity index (χ0n) is 20.9. The Labute approximate surface area is 211 Å². The van der Waals surface area contributed by atoms with Crippen molar-refractivity contribution >= 4 is 42.4 Å². The minimum absolute atomic E-state index is 0.0367. The standard InChI is InChI=1S/C25H30N2O7S2/c1-15-6-8-17(9-7-15)24-23(25(28)26-3)20-12-19-16(2)33-18(10-11-35(4,29)30)14-27(36(5,31)32)21(19)13-22(20)34-24/h6-9,12-13,16,18H,10-11,14H2,1-5H3,(H,26,28)/t16-,18+/m0/s1. The molecule has 2 heterocycles. The van der Waals surface area contributed by atoms with Crippen molar-refractivity contribution in [2.24, 2.45) is 0 Å². The normalized spacial score (nSPS) is 18.6. The maximum atomic E-state index is 13.0. The Balaban J connectivity index is 1.91. The number of sulfone groups is 1. The summed E-state index contributed by atoms with van der Waals surface area (Å²) < 4.78 is 62.6. The molecule has 0 fully saturated rings. The molecule has 0 spiro atoms. The fraction of sp³-hybridized carbons (Fsp3) is 0.400. The van der Waals surface area contributed by atoms with Crippen LogP contribution in [0.2, 0.25) is 0 Å². The highest BCUT2D eigenvalue weighted by Gasteiger charge is 2.34. The molecule has 11 heteroatoms. The van der Waals surface area contributed by atoms with Crippen molar-refractivity contribution in [3.63, 3.8) is 0 Å². The lowest BCUT2D eigenvalue weighted by Crippen LogP contribution is -2.37. The monoisotopic (exact) mass is 534 g/mol. The SMILES string of the molecule is CNC(=O)c1c(-c2ccc(C)cc2)oc2cc3c(cc12)[C@H](C)O[C@H](CCS(C)(=O)=O)CN3S(C)(=O)=O. The number of furan rings is 1. The summed E-state index contributed by atoms with van der Waals surface area (Å²) in [5.41, 5.74) is 3.43. The Hall–Kier alpha value is -2.89. The number of amides is 1. The molecule has 0 unspecified atom stereocenters. The highest BCUT2D eigenvalue weighted by atomic mass is 32.2. The maximum Gasteiger partial charge on any atom is 0.255 e. The minimum atomic E-state index is -3.74. The number of anilines is 1. The van der Waals surface area contributed by atoms with Crippen LogP contribution in [0, 0.1) is 6.92 Å². The van der Waals surface area contributed by atoms with E-state index >= 15 is 0 Å². The molecule has 4 rings (SSSR count). The molecule has 0 radical (unpaired) electrons. The highest BCUT2D eigenvalue weighted by molar-refractivity contribution is 7.92. The molecule has 2 aromatic carbocycles. The summed E-state index contributed by atoms with van der Waals surface area (Å²) in [5, 5.41) is 3.19. The second-order valence-corrected chi connectivity index (χ2v) is 13.4. The summed E-state index contributed by atoms with van der Waals surface area (Å²) in [6.45, 7) is 3.71. The van der Waals surface area contributed by atoms with E-state index in [1.165, 1.54) is 11.4 Å². The van der Waals surface area contributed by atoms with Gasteiger partial charge < -0.3 is 14.5 Å². The van der Waals surface area contributed by atoms with Gasteiger partial charge in [0, 0.05) is 35.9 Å². The lowest BCUT2D eigenvalue weighted by atomic mass is 10.00. The molecule has 2 atom stereocenters. The van der Waals surface area contributed by atoms with Crippen LogP contribution in [0.25, 0.3) is 22.3 Å². The van der Waals surface area contributed by atoms with Crippen molar-refractivity contribution in [3.8, 4) is 11.3 Å². The second-order valence-electron chi connectivity index (χ2n) is 9.27. The molecule has 0 aliphatic carbocycles. The number of fused-ring (bicyclic) bond motifs is 2. The summed E-state index contributed by atoms with van der Waals surface area (Å²) in [4.78, 5) is 13.0. The van der Waals surface area contributed by atoms with E-state index in [1.54, 1.807) is 19.1 Å². The maximum absolute atomic E-state index is 13.0. The highest BCUT2D eigenvalue weighted by Crippen LogP contribution is 2.42. The van der Waals surface area contributed by atoms with Crippen LogP contribution in [0.3, 0.4) is 0 Å². The van der Waals surface area contributed by atoms with Crippen LogP contribution in [0.15, 0.2) is 40.8 Å². The van der Waals surface area contributed by atoms with Gasteiger partial charge >= 0.3 is 0 Å². The van der Waals surface area contributed by atoms with E-state index in [4.69, 9.17) is 9.15 Å². The van der Waals surface area contributed by atoms with Gasteiger partial charge in [0.1, 0.15) is 21.2 Å². The average Bonchev–Trinajstić information content (AvgIpc) is 3.09. The predicted molar refractivity (Wildman–Crippen MR) is 140 cm³/mol. The number of hydrogen-bond donors (Lipinski definition) is 1. The van der Waals surface area contributed by atoms with Crippen LogP contribution in [0.5, 0.6) is 0 Å². The number of benzene rings is 2. The number of carbonyl (C=O) groups excluding carboxylic acids is 1. The van der Waals surface area contributed by atoms with Gasteiger partial charge in [0.25, 0.3) is 5.91 Å². The summed E-state index contributed by atoms with van der Waals surface area (Å²) in [6, 6.07) is 10.9. The molecule has 1 N–H and O–H groups in total. The summed E-state index contributed by atoms with van der Waals surface area (Å²) in [7, 11) is -5.46.